The van der Waals surface area contributed by atoms with E-state index < -0.39 is 65.4 Å². The third-order valence-corrected chi connectivity index (χ3v) is 12.9. The van der Waals surface area contributed by atoms with Gasteiger partial charge in [0.15, 0.2) is 35.3 Å². The van der Waals surface area contributed by atoms with Gasteiger partial charge in [-0.05, 0) is 88.8 Å². The molecule has 2 aliphatic carbocycles. The fourth-order valence-corrected chi connectivity index (χ4v) is 9.82. The fourth-order valence-electron chi connectivity index (χ4n) is 9.82. The number of hydrogen-bond donors (Lipinski definition) is 15. The van der Waals surface area contributed by atoms with Crippen LogP contribution >= 0.6 is 0 Å². The molecule has 0 radical (unpaired) electrons. The van der Waals surface area contributed by atoms with Crippen molar-refractivity contribution < 1.29 is 34.1 Å². The smallest absolute Gasteiger partial charge is 0.243 e. The standard InChI is InChI=1S/C43H72N18O7/c44-25(6-1-15-54-39(45)46)35(64)58-27(8-3-17-56-41(49)50)37(66)60-28(9-4-18-57-42(51)52)38(67)59-26(7-2-16-55-40(47)48)36(65)53-19-5-20-61-21-14-43-24-11-13-31(63)34(43)68-33-30(62)12-10-23(32(33)43)22-29(24)61/h10-13,24-29,31,34,62-63H,1-9,14-22,44H2,(H,53,65)(H,58,64)(H,59,67)(H,60,66)(H4,45,46,54)(H4,47,48,55)(H4,49,50,56)(H4,51,52,57)/t24-,25-,26-,27-,28-,29+,31-,34-,43-/m0/s1. The van der Waals surface area contributed by atoms with Crippen molar-refractivity contribution in [2.24, 2.45) is 77.5 Å². The van der Waals surface area contributed by atoms with Gasteiger partial charge in [-0.3, -0.25) is 44.0 Å². The molecule has 2 heterocycles. The Morgan fingerprint density at radius 1 is 0.706 bits per heavy atom. The molecule has 376 valence electrons. The molecule has 24 N–H and O–H groups in total. The number of carbonyl (C=O) groups excluding carboxylic acids is 4. The highest BCUT2D eigenvalue weighted by atomic mass is 16.5. The van der Waals surface area contributed by atoms with Crippen LogP contribution in [0.2, 0.25) is 0 Å². The molecule has 1 fully saturated rings. The number of phenolic OH excluding ortho intramolecular Hbond substituents is 1. The number of nitrogens with two attached hydrogens (primary N) is 9. The van der Waals surface area contributed by atoms with E-state index in [0.29, 0.717) is 38.1 Å². The van der Waals surface area contributed by atoms with Crippen LogP contribution < -0.4 is 77.6 Å². The highest BCUT2D eigenvalue weighted by Gasteiger charge is 2.64. The average molecular weight is 953 g/mol. The number of ether oxygens (including phenoxy) is 1. The van der Waals surface area contributed by atoms with E-state index in [1.54, 1.807) is 12.1 Å². The Kier molecular flexibility index (Phi) is 18.8. The summed E-state index contributed by atoms with van der Waals surface area (Å²) in [7, 11) is 0. The van der Waals surface area contributed by atoms with Crippen molar-refractivity contribution in [2.75, 3.05) is 45.8 Å². The van der Waals surface area contributed by atoms with Gasteiger partial charge in [-0.25, -0.2) is 0 Å². The van der Waals surface area contributed by atoms with Crippen molar-refractivity contribution in [3.05, 3.63) is 35.4 Å². The molecule has 5 rings (SSSR count). The van der Waals surface area contributed by atoms with E-state index in [9.17, 15) is 29.4 Å². The van der Waals surface area contributed by atoms with Crippen LogP contribution in [0, 0.1) is 5.92 Å². The molecule has 4 amide bonds. The van der Waals surface area contributed by atoms with Crippen LogP contribution in [0.25, 0.3) is 0 Å². The molecule has 0 saturated carbocycles. The van der Waals surface area contributed by atoms with Gasteiger partial charge in [0.1, 0.15) is 30.3 Å². The number of guanidine groups is 4. The number of nitrogens with zero attached hydrogens (tertiary/aromatic N) is 5. The number of aliphatic imine (C=N–C) groups is 4. The Bertz CT molecular complexity index is 2080. The number of rotatable bonds is 27. The first kappa shape index (κ1) is 52.4. The lowest BCUT2D eigenvalue weighted by atomic mass is 9.53. The van der Waals surface area contributed by atoms with Gasteiger partial charge in [0.25, 0.3) is 0 Å². The second kappa shape index (κ2) is 24.4. The summed E-state index contributed by atoms with van der Waals surface area (Å²) in [6, 6.07) is -0.675. The average Bonchev–Trinajstić information content (AvgIpc) is 3.64. The normalized spacial score (nSPS) is 22.4. The number of nitrogens with one attached hydrogen (secondary N) is 4. The number of aromatic hydroxyl groups is 1. The van der Waals surface area contributed by atoms with Crippen LogP contribution in [0.3, 0.4) is 0 Å². The lowest BCUT2D eigenvalue weighted by Gasteiger charge is -2.57. The summed E-state index contributed by atoms with van der Waals surface area (Å²) in [6.07, 6.45) is 6.47. The van der Waals surface area contributed by atoms with Crippen molar-refractivity contribution in [1.82, 2.24) is 26.2 Å². The third-order valence-electron chi connectivity index (χ3n) is 12.9. The molecule has 0 aromatic heterocycles. The maximum Gasteiger partial charge on any atom is 0.243 e. The molecule has 68 heavy (non-hydrogen) atoms. The maximum absolute atomic E-state index is 14.2. The summed E-state index contributed by atoms with van der Waals surface area (Å²) < 4.78 is 6.28. The fraction of sp³-hybridized carbons (Fsp3) is 0.628. The molecule has 0 unspecified atom stereocenters. The first-order valence-electron chi connectivity index (χ1n) is 23.2. The van der Waals surface area contributed by atoms with Crippen molar-refractivity contribution >= 4 is 47.5 Å². The SMILES string of the molecule is NC(N)=NCCC[C@H](NC(=O)[C@H](CCCN=C(N)N)NC(=O)[C@H](CCCN=C(N)N)NC(=O)[C@@H](N)CCCN=C(N)N)C(=O)NCCCN1CC[C@]23c4c5ccc(O)c4O[C@H]2[C@@H](O)C=C[C@H]3[C@H]1C5. The number of hydrogen-bond acceptors (Lipinski definition) is 13. The zero-order valence-corrected chi connectivity index (χ0v) is 38.5. The van der Waals surface area contributed by atoms with E-state index in [1.807, 2.05) is 6.07 Å². The quantitative estimate of drug-likeness (QED) is 0.0170. The molecule has 9 atom stereocenters. The van der Waals surface area contributed by atoms with Crippen molar-refractivity contribution in [3.63, 3.8) is 0 Å². The molecular formula is C43H72N18O7. The predicted molar refractivity (Wildman–Crippen MR) is 258 cm³/mol. The zero-order valence-electron chi connectivity index (χ0n) is 38.5. The van der Waals surface area contributed by atoms with Crippen LogP contribution in [0.4, 0.5) is 0 Å². The van der Waals surface area contributed by atoms with Gasteiger partial charge in [-0.1, -0.05) is 18.2 Å². The Morgan fingerprint density at radius 3 is 1.74 bits per heavy atom. The second-order valence-electron chi connectivity index (χ2n) is 17.7. The minimum Gasteiger partial charge on any atom is -0.504 e. The zero-order chi connectivity index (χ0) is 49.5. The number of likely N-dealkylation sites (tertiary alicyclic amines) is 1. The maximum atomic E-state index is 14.2. The number of aliphatic hydroxyl groups excluding tert-OH is 1. The summed E-state index contributed by atoms with van der Waals surface area (Å²) in [4.78, 5) is 73.5. The van der Waals surface area contributed by atoms with Crippen LogP contribution in [0.15, 0.2) is 44.3 Å². The van der Waals surface area contributed by atoms with Gasteiger partial charge in [-0.2, -0.15) is 0 Å². The topological polar surface area (TPSA) is 453 Å². The monoisotopic (exact) mass is 953 g/mol. The summed E-state index contributed by atoms with van der Waals surface area (Å²) >= 11 is 0. The van der Waals surface area contributed by atoms with Crippen molar-refractivity contribution in [2.45, 2.75) is 118 Å². The first-order valence-corrected chi connectivity index (χ1v) is 23.2. The Labute approximate surface area is 395 Å². The highest BCUT2D eigenvalue weighted by molar-refractivity contribution is 5.94. The van der Waals surface area contributed by atoms with E-state index in [2.05, 4.69) is 52.2 Å². The molecule has 25 nitrogen and oxygen atoms in total. The van der Waals surface area contributed by atoms with Crippen LogP contribution in [-0.4, -0.2) is 151 Å². The Morgan fingerprint density at radius 2 is 1.21 bits per heavy atom. The van der Waals surface area contributed by atoms with E-state index in [0.717, 1.165) is 30.5 Å². The summed E-state index contributed by atoms with van der Waals surface area (Å²) in [5.41, 5.74) is 51.7. The lowest BCUT2D eigenvalue weighted by Crippen LogP contribution is -2.65. The summed E-state index contributed by atoms with van der Waals surface area (Å²) in [5, 5.41) is 32.9. The molecular weight excluding hydrogens is 881 g/mol. The summed E-state index contributed by atoms with van der Waals surface area (Å²) in [6.45, 7) is 2.44. The lowest BCUT2D eigenvalue weighted by molar-refractivity contribution is -0.134. The molecule has 1 saturated heterocycles. The van der Waals surface area contributed by atoms with Crippen molar-refractivity contribution in [1.29, 1.82) is 0 Å². The number of amides is 4. The number of phenols is 1. The van der Waals surface area contributed by atoms with E-state index >= 15 is 0 Å². The minimum atomic E-state index is -1.20. The number of carbonyl (C=O) groups is 4. The predicted octanol–water partition coefficient (Wildman–Crippen LogP) is -4.93. The van der Waals surface area contributed by atoms with Crippen molar-refractivity contribution in [3.8, 4) is 11.5 Å². The Balaban J connectivity index is 1.25. The molecule has 1 aromatic rings. The molecule has 1 spiro atoms. The van der Waals surface area contributed by atoms with E-state index in [4.69, 9.17) is 56.3 Å². The summed E-state index contributed by atoms with van der Waals surface area (Å²) in [5.74, 6) is -2.29. The largest absolute Gasteiger partial charge is 0.504 e. The molecule has 4 aliphatic rings. The van der Waals surface area contributed by atoms with Gasteiger partial charge in [0.2, 0.25) is 23.6 Å². The first-order chi connectivity index (χ1) is 32.4. The van der Waals surface area contributed by atoms with Crippen LogP contribution in [-0.2, 0) is 31.0 Å². The van der Waals surface area contributed by atoms with Gasteiger partial charge < -0.3 is 87.8 Å². The number of benzene rings is 1. The molecule has 2 bridgehead atoms. The van der Waals surface area contributed by atoms with Gasteiger partial charge in [-0.15, -0.1) is 0 Å². The van der Waals surface area contributed by atoms with Gasteiger partial charge in [0, 0.05) is 62.2 Å². The van der Waals surface area contributed by atoms with Crippen LogP contribution in [0.1, 0.15) is 75.3 Å². The number of piperidine rings is 1. The molecule has 25 heteroatoms. The van der Waals surface area contributed by atoms with Gasteiger partial charge in [0.05, 0.1) is 6.04 Å². The molecule has 1 aromatic carbocycles. The third kappa shape index (κ3) is 13.5. The number of aliphatic hydroxyl groups is 1. The second-order valence-corrected chi connectivity index (χ2v) is 17.7. The Hall–Kier alpha value is -6.60. The minimum absolute atomic E-state index is 0.0584. The molecule has 2 aliphatic heterocycles. The van der Waals surface area contributed by atoms with E-state index in [1.165, 1.54) is 0 Å². The van der Waals surface area contributed by atoms with Gasteiger partial charge >= 0.3 is 0 Å². The van der Waals surface area contributed by atoms with Crippen LogP contribution in [0.5, 0.6) is 11.5 Å². The van der Waals surface area contributed by atoms with E-state index in [-0.39, 0.29) is 106 Å². The highest BCUT2D eigenvalue weighted by Crippen LogP contribution is 2.62.